The Kier molecular flexibility index (Phi) is 4.34. The zero-order valence-electron chi connectivity index (χ0n) is 15.9. The van der Waals surface area contributed by atoms with Gasteiger partial charge in [-0.15, -0.1) is 0 Å². The molecule has 1 amide bonds. The van der Waals surface area contributed by atoms with E-state index in [-0.39, 0.29) is 11.5 Å². The van der Waals surface area contributed by atoms with E-state index in [0.29, 0.717) is 12.3 Å². The fraction of sp³-hybridized carbons (Fsp3) is 0.632. The number of likely N-dealkylation sites (tertiary alicyclic amines) is 2. The first-order chi connectivity index (χ1) is 12.5. The zero-order chi connectivity index (χ0) is 18.3. The topological polar surface area (TPSA) is 59.2 Å². The van der Waals surface area contributed by atoms with Gasteiger partial charge in [-0.1, -0.05) is 0 Å². The molecule has 0 N–H and O–H groups in total. The van der Waals surface area contributed by atoms with Crippen molar-refractivity contribution in [3.05, 3.63) is 36.2 Å². The van der Waals surface area contributed by atoms with Gasteiger partial charge in [0.15, 0.2) is 0 Å². The van der Waals surface area contributed by atoms with Crippen molar-refractivity contribution in [2.24, 2.45) is 14.1 Å². The summed E-state index contributed by atoms with van der Waals surface area (Å²) in [4.78, 5) is 21.8. The molecule has 1 spiro atoms. The van der Waals surface area contributed by atoms with Crippen LogP contribution in [-0.4, -0.2) is 60.2 Å². The summed E-state index contributed by atoms with van der Waals surface area (Å²) in [6.07, 6.45) is 10.5. The molecule has 26 heavy (non-hydrogen) atoms. The van der Waals surface area contributed by atoms with Crippen molar-refractivity contribution in [1.29, 1.82) is 0 Å². The van der Waals surface area contributed by atoms with E-state index >= 15 is 0 Å². The number of aromatic nitrogens is 4. The number of rotatable bonds is 4. The highest BCUT2D eigenvalue weighted by Crippen LogP contribution is 2.48. The normalized spacial score (nSPS) is 23.3. The summed E-state index contributed by atoms with van der Waals surface area (Å²) in [7, 11) is 3.99. The van der Waals surface area contributed by atoms with Gasteiger partial charge in [0.05, 0.1) is 18.3 Å². The summed E-state index contributed by atoms with van der Waals surface area (Å²) < 4.78 is 3.93. The molecule has 0 saturated carbocycles. The molecular weight excluding hydrogens is 328 g/mol. The van der Waals surface area contributed by atoms with Crippen LogP contribution in [0.3, 0.4) is 0 Å². The van der Waals surface area contributed by atoms with Crippen LogP contribution in [0.2, 0.25) is 0 Å². The Balaban J connectivity index is 1.55. The number of imidazole rings is 1. The summed E-state index contributed by atoms with van der Waals surface area (Å²) in [5.41, 5.74) is 1.14. The van der Waals surface area contributed by atoms with E-state index in [1.807, 2.05) is 37.4 Å². The maximum Gasteiger partial charge on any atom is 0.223 e. The minimum Gasteiger partial charge on any atom is -0.337 e. The van der Waals surface area contributed by atoms with Crippen molar-refractivity contribution in [2.75, 3.05) is 19.6 Å². The van der Waals surface area contributed by atoms with Crippen LogP contribution in [0.4, 0.5) is 0 Å². The highest BCUT2D eigenvalue weighted by Gasteiger charge is 2.53. The van der Waals surface area contributed by atoms with Crippen molar-refractivity contribution in [1.82, 2.24) is 29.1 Å². The molecule has 0 aromatic carbocycles. The average molecular weight is 356 g/mol. The Hall–Kier alpha value is -2.15. The number of piperidine rings is 1. The first-order valence-corrected chi connectivity index (χ1v) is 9.51. The van der Waals surface area contributed by atoms with Crippen LogP contribution in [-0.2, 0) is 25.4 Å². The van der Waals surface area contributed by atoms with E-state index in [4.69, 9.17) is 0 Å². The summed E-state index contributed by atoms with van der Waals surface area (Å²) in [5, 5.41) is 4.36. The fourth-order valence-corrected chi connectivity index (χ4v) is 4.92. The molecule has 2 saturated heterocycles. The number of hydrogen-bond donors (Lipinski definition) is 0. The lowest BCUT2D eigenvalue weighted by atomic mass is 9.74. The van der Waals surface area contributed by atoms with E-state index in [0.717, 1.165) is 44.8 Å². The lowest BCUT2D eigenvalue weighted by molar-refractivity contribution is -0.132. The Morgan fingerprint density at radius 3 is 2.62 bits per heavy atom. The molecule has 7 heteroatoms. The lowest BCUT2D eigenvalue weighted by Crippen LogP contribution is -2.55. The first-order valence-electron chi connectivity index (χ1n) is 9.51. The van der Waals surface area contributed by atoms with Crippen LogP contribution in [0.25, 0.3) is 0 Å². The van der Waals surface area contributed by atoms with Gasteiger partial charge in [-0.25, -0.2) is 4.98 Å². The van der Waals surface area contributed by atoms with E-state index in [1.165, 1.54) is 5.56 Å². The van der Waals surface area contributed by atoms with Crippen molar-refractivity contribution < 1.29 is 4.79 Å². The Morgan fingerprint density at radius 2 is 2.04 bits per heavy atom. The number of likely N-dealkylation sites (N-methyl/N-ethyl adjacent to an activating group) is 1. The van der Waals surface area contributed by atoms with Gasteiger partial charge in [-0.2, -0.15) is 5.10 Å². The fourth-order valence-electron chi connectivity index (χ4n) is 4.92. The number of carbonyl (C=O) groups is 1. The molecule has 4 heterocycles. The van der Waals surface area contributed by atoms with Crippen LogP contribution in [0.5, 0.6) is 0 Å². The van der Waals surface area contributed by atoms with Crippen molar-refractivity contribution in [2.45, 2.75) is 44.2 Å². The molecule has 1 atom stereocenters. The molecule has 2 aliphatic rings. The molecule has 2 fully saturated rings. The lowest BCUT2D eigenvalue weighted by Gasteiger charge is -2.47. The van der Waals surface area contributed by atoms with Gasteiger partial charge in [-0.3, -0.25) is 14.4 Å². The molecule has 0 radical (unpaired) electrons. The molecule has 4 rings (SSSR count). The molecule has 2 aromatic rings. The monoisotopic (exact) mass is 356 g/mol. The van der Waals surface area contributed by atoms with Gasteiger partial charge in [0, 0.05) is 64.7 Å². The van der Waals surface area contributed by atoms with Crippen LogP contribution < -0.4 is 0 Å². The van der Waals surface area contributed by atoms with Gasteiger partial charge in [0.1, 0.15) is 5.82 Å². The third-order valence-corrected chi connectivity index (χ3v) is 6.32. The molecule has 2 aromatic heterocycles. The van der Waals surface area contributed by atoms with E-state index in [9.17, 15) is 4.79 Å². The van der Waals surface area contributed by atoms with Crippen molar-refractivity contribution in [3.8, 4) is 0 Å². The smallest absolute Gasteiger partial charge is 0.223 e. The average Bonchev–Trinajstić information content (AvgIpc) is 3.29. The summed E-state index contributed by atoms with van der Waals surface area (Å²) >= 11 is 0. The minimum absolute atomic E-state index is 0.0625. The molecular formula is C19H28N6O. The Labute approximate surface area is 154 Å². The molecule has 7 nitrogen and oxygen atoms in total. The molecule has 0 aliphatic carbocycles. The van der Waals surface area contributed by atoms with Crippen LogP contribution in [0, 0.1) is 0 Å². The predicted molar refractivity (Wildman–Crippen MR) is 98.4 cm³/mol. The van der Waals surface area contributed by atoms with Gasteiger partial charge in [0.25, 0.3) is 0 Å². The molecule has 0 bridgehead atoms. The standard InChI is InChI=1S/C19H28N6O/c1-4-25-18(26)11-16(15-12-21-23(3)13-15)19(25)5-8-24(9-6-19)14-17-20-7-10-22(17)2/h7,10,12-13,16H,4-6,8-9,11,14H2,1-3H3/t16-/m1/s1. The highest BCUT2D eigenvalue weighted by molar-refractivity contribution is 5.81. The number of amides is 1. The third kappa shape index (κ3) is 2.74. The first kappa shape index (κ1) is 17.3. The van der Waals surface area contributed by atoms with Crippen molar-refractivity contribution >= 4 is 5.91 Å². The van der Waals surface area contributed by atoms with Gasteiger partial charge in [0.2, 0.25) is 5.91 Å². The van der Waals surface area contributed by atoms with Crippen molar-refractivity contribution in [3.63, 3.8) is 0 Å². The number of nitrogens with zero attached hydrogens (tertiary/aromatic N) is 6. The maximum atomic E-state index is 12.7. The molecule has 2 aliphatic heterocycles. The second kappa shape index (κ2) is 6.54. The highest BCUT2D eigenvalue weighted by atomic mass is 16.2. The van der Waals surface area contributed by atoms with Gasteiger partial charge >= 0.3 is 0 Å². The van der Waals surface area contributed by atoms with Crippen LogP contribution in [0.15, 0.2) is 24.8 Å². The Morgan fingerprint density at radius 1 is 1.27 bits per heavy atom. The predicted octanol–water partition coefficient (Wildman–Crippen LogP) is 1.52. The third-order valence-electron chi connectivity index (χ3n) is 6.32. The van der Waals surface area contributed by atoms with Gasteiger partial charge in [-0.05, 0) is 25.3 Å². The van der Waals surface area contributed by atoms with E-state index < -0.39 is 0 Å². The molecule has 0 unspecified atom stereocenters. The SMILES string of the molecule is CCN1C(=O)C[C@H](c2cnn(C)c2)C12CCN(Cc1nccn1C)CC2. The second-order valence-electron chi connectivity index (χ2n) is 7.68. The summed E-state index contributed by atoms with van der Waals surface area (Å²) in [5.74, 6) is 1.64. The number of hydrogen-bond acceptors (Lipinski definition) is 4. The Bertz CT molecular complexity index is 786. The summed E-state index contributed by atoms with van der Waals surface area (Å²) in [6.45, 7) is 5.75. The van der Waals surface area contributed by atoms with Crippen LogP contribution in [0.1, 0.15) is 43.5 Å². The second-order valence-corrected chi connectivity index (χ2v) is 7.68. The zero-order valence-corrected chi connectivity index (χ0v) is 15.9. The van der Waals surface area contributed by atoms with Crippen LogP contribution >= 0.6 is 0 Å². The number of carbonyl (C=O) groups excluding carboxylic acids is 1. The largest absolute Gasteiger partial charge is 0.337 e. The maximum absolute atomic E-state index is 12.7. The quantitative estimate of drug-likeness (QED) is 0.833. The minimum atomic E-state index is -0.0625. The van der Waals surface area contributed by atoms with E-state index in [2.05, 4.69) is 37.6 Å². The number of aryl methyl sites for hydroxylation is 2. The van der Waals surface area contributed by atoms with E-state index in [1.54, 1.807) is 0 Å². The van der Waals surface area contributed by atoms with Gasteiger partial charge < -0.3 is 9.47 Å². The molecule has 140 valence electrons. The summed E-state index contributed by atoms with van der Waals surface area (Å²) in [6, 6.07) is 0.